The van der Waals surface area contributed by atoms with Gasteiger partial charge < -0.3 is 9.47 Å². The van der Waals surface area contributed by atoms with Crippen LogP contribution in [-0.2, 0) is 9.53 Å². The normalized spacial score (nSPS) is 24.1. The van der Waals surface area contributed by atoms with Crippen molar-refractivity contribution >= 4 is 5.97 Å². The lowest BCUT2D eigenvalue weighted by molar-refractivity contribution is -0.147. The van der Waals surface area contributed by atoms with Crippen LogP contribution in [0.25, 0.3) is 0 Å². The summed E-state index contributed by atoms with van der Waals surface area (Å²) in [5.41, 5.74) is 0. The molecule has 1 aliphatic carbocycles. The molecule has 0 unspecified atom stereocenters. The molecule has 0 aromatic heterocycles. The summed E-state index contributed by atoms with van der Waals surface area (Å²) in [6.45, 7) is 0. The summed E-state index contributed by atoms with van der Waals surface area (Å²) in [6.07, 6.45) is 3.82. The Morgan fingerprint density at radius 2 is 1.76 bits per heavy atom. The van der Waals surface area contributed by atoms with E-state index in [0.29, 0.717) is 0 Å². The highest BCUT2D eigenvalue weighted by molar-refractivity contribution is 5.72. The summed E-state index contributed by atoms with van der Waals surface area (Å²) in [7, 11) is 1.45. The van der Waals surface area contributed by atoms with E-state index >= 15 is 0 Å². The predicted octanol–water partition coefficient (Wildman–Crippen LogP) is 2.80. The molecule has 0 amide bonds. The van der Waals surface area contributed by atoms with Crippen LogP contribution in [0.5, 0.6) is 5.75 Å². The van der Waals surface area contributed by atoms with Gasteiger partial charge >= 0.3 is 5.97 Å². The van der Waals surface area contributed by atoms with Crippen LogP contribution in [0.1, 0.15) is 25.7 Å². The van der Waals surface area contributed by atoms with Gasteiger partial charge in [-0.15, -0.1) is 0 Å². The fraction of sp³-hybridized carbons (Fsp3) is 0.500. The van der Waals surface area contributed by atoms with E-state index in [1.807, 2.05) is 30.3 Å². The number of carbonyl (C=O) groups excluding carboxylic acids is 1. The Hall–Kier alpha value is -1.51. The van der Waals surface area contributed by atoms with E-state index in [1.54, 1.807) is 0 Å². The molecular weight excluding hydrogens is 216 g/mol. The van der Waals surface area contributed by atoms with Gasteiger partial charge in [0.1, 0.15) is 5.75 Å². The van der Waals surface area contributed by atoms with E-state index in [2.05, 4.69) is 0 Å². The zero-order valence-corrected chi connectivity index (χ0v) is 10.1. The molecule has 1 aromatic rings. The second kappa shape index (κ2) is 5.71. The summed E-state index contributed by atoms with van der Waals surface area (Å²) >= 11 is 0. The van der Waals surface area contributed by atoms with Gasteiger partial charge in [-0.25, -0.2) is 0 Å². The molecule has 0 N–H and O–H groups in total. The lowest BCUT2D eigenvalue weighted by Crippen LogP contribution is -2.28. The largest absolute Gasteiger partial charge is 0.490 e. The molecule has 0 saturated heterocycles. The van der Waals surface area contributed by atoms with Gasteiger partial charge in [0.15, 0.2) is 0 Å². The number of esters is 1. The maximum absolute atomic E-state index is 11.4. The number of carbonyl (C=O) groups is 1. The summed E-state index contributed by atoms with van der Waals surface area (Å²) in [4.78, 5) is 11.4. The van der Waals surface area contributed by atoms with E-state index in [1.165, 1.54) is 7.11 Å². The summed E-state index contributed by atoms with van der Waals surface area (Å²) in [6, 6.07) is 9.84. The highest BCUT2D eigenvalue weighted by Gasteiger charge is 2.27. The first-order valence-corrected chi connectivity index (χ1v) is 6.09. The van der Waals surface area contributed by atoms with Crippen LogP contribution < -0.4 is 4.74 Å². The first-order chi connectivity index (χ1) is 8.29. The minimum absolute atomic E-state index is 0.0654. The van der Waals surface area contributed by atoms with Gasteiger partial charge in [-0.3, -0.25) is 4.79 Å². The van der Waals surface area contributed by atoms with Crippen molar-refractivity contribution in [3.8, 4) is 5.75 Å². The van der Waals surface area contributed by atoms with Crippen LogP contribution in [0.2, 0.25) is 0 Å². The quantitative estimate of drug-likeness (QED) is 0.754. The monoisotopic (exact) mass is 234 g/mol. The fourth-order valence-corrected chi connectivity index (χ4v) is 2.27. The molecule has 92 valence electrons. The molecule has 0 aliphatic heterocycles. The first kappa shape index (κ1) is 12.0. The van der Waals surface area contributed by atoms with Crippen LogP contribution in [0.15, 0.2) is 30.3 Å². The van der Waals surface area contributed by atoms with Crippen molar-refractivity contribution < 1.29 is 14.3 Å². The Bertz CT molecular complexity index is 353. The van der Waals surface area contributed by atoms with Crippen LogP contribution >= 0.6 is 0 Å². The van der Waals surface area contributed by atoms with Crippen LogP contribution in [0.3, 0.4) is 0 Å². The molecule has 3 nitrogen and oxygen atoms in total. The average molecular weight is 234 g/mol. The maximum atomic E-state index is 11.4. The van der Waals surface area contributed by atoms with Crippen LogP contribution in [-0.4, -0.2) is 19.2 Å². The minimum Gasteiger partial charge on any atom is -0.490 e. The fourth-order valence-electron chi connectivity index (χ4n) is 2.27. The number of benzene rings is 1. The Kier molecular flexibility index (Phi) is 4.02. The Labute approximate surface area is 102 Å². The molecule has 1 saturated carbocycles. The number of ether oxygens (including phenoxy) is 2. The maximum Gasteiger partial charge on any atom is 0.308 e. The van der Waals surface area contributed by atoms with E-state index in [9.17, 15) is 4.79 Å². The standard InChI is InChI=1S/C14H18O3/c1-16-14(15)11-7-9-13(10-8-11)17-12-5-3-2-4-6-12/h2-6,11,13H,7-10H2,1H3. The van der Waals surface area contributed by atoms with Gasteiger partial charge in [-0.1, -0.05) is 18.2 Å². The van der Waals surface area contributed by atoms with E-state index in [-0.39, 0.29) is 18.0 Å². The van der Waals surface area contributed by atoms with Gasteiger partial charge in [-0.05, 0) is 37.8 Å². The summed E-state index contributed by atoms with van der Waals surface area (Å²) in [5, 5.41) is 0. The molecule has 1 fully saturated rings. The average Bonchev–Trinajstić information content (AvgIpc) is 2.40. The van der Waals surface area contributed by atoms with Gasteiger partial charge in [-0.2, -0.15) is 0 Å². The number of rotatable bonds is 3. The van der Waals surface area contributed by atoms with Gasteiger partial charge in [0.05, 0.1) is 19.1 Å². The SMILES string of the molecule is COC(=O)C1CCC(Oc2ccccc2)CC1. The Balaban J connectivity index is 1.82. The lowest BCUT2D eigenvalue weighted by atomic mass is 9.87. The molecule has 0 radical (unpaired) electrons. The predicted molar refractivity (Wildman–Crippen MR) is 64.8 cm³/mol. The molecule has 0 heterocycles. The molecule has 0 bridgehead atoms. The van der Waals surface area contributed by atoms with Crippen molar-refractivity contribution in [1.29, 1.82) is 0 Å². The second-order valence-electron chi connectivity index (χ2n) is 4.43. The molecule has 0 atom stereocenters. The van der Waals surface area contributed by atoms with Crippen molar-refractivity contribution in [2.75, 3.05) is 7.11 Å². The van der Waals surface area contributed by atoms with Crippen molar-refractivity contribution in [3.05, 3.63) is 30.3 Å². The number of hydrogen-bond acceptors (Lipinski definition) is 3. The summed E-state index contributed by atoms with van der Waals surface area (Å²) < 4.78 is 10.6. The van der Waals surface area contributed by atoms with Gasteiger partial charge in [0, 0.05) is 0 Å². The minimum atomic E-state index is -0.0804. The van der Waals surface area contributed by atoms with Crippen molar-refractivity contribution in [2.24, 2.45) is 5.92 Å². The summed E-state index contributed by atoms with van der Waals surface area (Å²) in [5.74, 6) is 0.896. The molecule has 1 aliphatic rings. The lowest BCUT2D eigenvalue weighted by Gasteiger charge is -2.27. The number of para-hydroxylation sites is 1. The number of methoxy groups -OCH3 is 1. The van der Waals surface area contributed by atoms with Crippen molar-refractivity contribution in [2.45, 2.75) is 31.8 Å². The highest BCUT2D eigenvalue weighted by Crippen LogP contribution is 2.28. The van der Waals surface area contributed by atoms with E-state index in [0.717, 1.165) is 31.4 Å². The van der Waals surface area contributed by atoms with E-state index in [4.69, 9.17) is 9.47 Å². The molecule has 0 spiro atoms. The molecular formula is C14H18O3. The third-order valence-electron chi connectivity index (χ3n) is 3.25. The first-order valence-electron chi connectivity index (χ1n) is 6.09. The Morgan fingerprint density at radius 1 is 1.12 bits per heavy atom. The third-order valence-corrected chi connectivity index (χ3v) is 3.25. The molecule has 1 aromatic carbocycles. The highest BCUT2D eigenvalue weighted by atomic mass is 16.5. The van der Waals surface area contributed by atoms with Crippen molar-refractivity contribution in [1.82, 2.24) is 0 Å². The van der Waals surface area contributed by atoms with E-state index < -0.39 is 0 Å². The van der Waals surface area contributed by atoms with Crippen LogP contribution in [0, 0.1) is 5.92 Å². The number of hydrogen-bond donors (Lipinski definition) is 0. The van der Waals surface area contributed by atoms with Gasteiger partial charge in [0.25, 0.3) is 0 Å². The Morgan fingerprint density at radius 3 is 2.35 bits per heavy atom. The second-order valence-corrected chi connectivity index (χ2v) is 4.43. The zero-order valence-electron chi connectivity index (χ0n) is 10.1. The molecule has 2 rings (SSSR count). The smallest absolute Gasteiger partial charge is 0.308 e. The molecule has 17 heavy (non-hydrogen) atoms. The van der Waals surface area contributed by atoms with Gasteiger partial charge in [0.2, 0.25) is 0 Å². The third kappa shape index (κ3) is 3.22. The molecule has 3 heteroatoms. The van der Waals surface area contributed by atoms with Crippen LogP contribution in [0.4, 0.5) is 0 Å². The zero-order chi connectivity index (χ0) is 12.1. The van der Waals surface area contributed by atoms with Crippen molar-refractivity contribution in [3.63, 3.8) is 0 Å². The topological polar surface area (TPSA) is 35.5 Å².